The van der Waals surface area contributed by atoms with Crippen molar-refractivity contribution >= 4 is 11.6 Å². The molecule has 0 radical (unpaired) electrons. The first-order valence-corrected chi connectivity index (χ1v) is 6.00. The van der Waals surface area contributed by atoms with Crippen LogP contribution in [-0.4, -0.2) is 11.5 Å². The van der Waals surface area contributed by atoms with Crippen LogP contribution in [0.4, 0.5) is 0 Å². The number of rotatable bonds is 2. The first kappa shape index (κ1) is 11.2. The zero-order chi connectivity index (χ0) is 12.4. The molecule has 1 aromatic heterocycles. The maximum atomic E-state index is 6.06. The van der Waals surface area contributed by atoms with Gasteiger partial charge in [0, 0.05) is 23.0 Å². The van der Waals surface area contributed by atoms with Gasteiger partial charge in [0.1, 0.15) is 0 Å². The van der Waals surface area contributed by atoms with Crippen molar-refractivity contribution in [3.63, 3.8) is 0 Å². The standard InChI is InChI=1S/C13H11ClN4/c14-12-5-1-3-10(7-12)13(9-16-18-17-13)11-4-2-6-15-8-11/h1-8H,9H2,(H,16,17). The number of halogens is 1. The Hall–Kier alpha value is -1.94. The Kier molecular flexibility index (Phi) is 2.72. The van der Waals surface area contributed by atoms with E-state index in [1.807, 2.05) is 42.6 Å². The van der Waals surface area contributed by atoms with Gasteiger partial charge >= 0.3 is 0 Å². The summed E-state index contributed by atoms with van der Waals surface area (Å²) in [6.45, 7) is 0.610. The van der Waals surface area contributed by atoms with Crippen molar-refractivity contribution in [1.29, 1.82) is 0 Å². The molecule has 0 saturated carbocycles. The number of nitrogens with one attached hydrogen (secondary N) is 1. The highest BCUT2D eigenvalue weighted by Crippen LogP contribution is 2.36. The van der Waals surface area contributed by atoms with E-state index in [9.17, 15) is 0 Å². The first-order valence-electron chi connectivity index (χ1n) is 5.63. The Morgan fingerprint density at radius 2 is 2.06 bits per heavy atom. The molecular weight excluding hydrogens is 248 g/mol. The summed E-state index contributed by atoms with van der Waals surface area (Å²) in [6.07, 6.45) is 3.56. The van der Waals surface area contributed by atoms with Gasteiger partial charge in [0.2, 0.25) is 0 Å². The lowest BCUT2D eigenvalue weighted by Gasteiger charge is -2.24. The van der Waals surface area contributed by atoms with Crippen molar-refractivity contribution in [3.8, 4) is 0 Å². The van der Waals surface area contributed by atoms with Crippen LogP contribution in [0.3, 0.4) is 0 Å². The zero-order valence-corrected chi connectivity index (χ0v) is 10.3. The Balaban J connectivity index is 2.16. The molecular formula is C13H11ClN4. The summed E-state index contributed by atoms with van der Waals surface area (Å²) in [4.78, 5) is 4.16. The van der Waals surface area contributed by atoms with E-state index in [-0.39, 0.29) is 0 Å². The summed E-state index contributed by atoms with van der Waals surface area (Å²) in [5, 5.41) is 8.98. The minimum absolute atomic E-state index is 0.529. The molecule has 0 bridgehead atoms. The van der Waals surface area contributed by atoms with Crippen LogP contribution in [-0.2, 0) is 5.54 Å². The summed E-state index contributed by atoms with van der Waals surface area (Å²) in [7, 11) is 0. The minimum Gasteiger partial charge on any atom is -0.289 e. The topological polar surface area (TPSA) is 49.6 Å². The third kappa shape index (κ3) is 1.75. The van der Waals surface area contributed by atoms with E-state index in [2.05, 4.69) is 20.7 Å². The highest BCUT2D eigenvalue weighted by molar-refractivity contribution is 6.30. The predicted octanol–water partition coefficient (Wildman–Crippen LogP) is 2.95. The molecule has 18 heavy (non-hydrogen) atoms. The first-order chi connectivity index (χ1) is 8.81. The molecule has 0 spiro atoms. The molecule has 1 unspecified atom stereocenters. The highest BCUT2D eigenvalue weighted by Gasteiger charge is 2.38. The number of hydrogen-bond acceptors (Lipinski definition) is 4. The summed E-state index contributed by atoms with van der Waals surface area (Å²) in [5.41, 5.74) is 4.40. The van der Waals surface area contributed by atoms with Gasteiger partial charge in [-0.05, 0) is 23.8 Å². The second-order valence-corrected chi connectivity index (χ2v) is 4.58. The average molecular weight is 259 g/mol. The van der Waals surface area contributed by atoms with E-state index < -0.39 is 5.54 Å². The van der Waals surface area contributed by atoms with Gasteiger partial charge in [0.15, 0.2) is 5.54 Å². The molecule has 1 aromatic carbocycles. The molecule has 4 nitrogen and oxygen atoms in total. The molecule has 2 heterocycles. The number of nitrogens with zero attached hydrogens (tertiary/aromatic N) is 3. The molecule has 1 N–H and O–H groups in total. The maximum absolute atomic E-state index is 6.06. The van der Waals surface area contributed by atoms with Crippen molar-refractivity contribution in [3.05, 3.63) is 64.9 Å². The summed E-state index contributed by atoms with van der Waals surface area (Å²) >= 11 is 6.06. The van der Waals surface area contributed by atoms with Crippen LogP contribution in [0.25, 0.3) is 0 Å². The van der Waals surface area contributed by atoms with E-state index in [1.165, 1.54) is 0 Å². The lowest BCUT2D eigenvalue weighted by atomic mass is 9.85. The molecule has 1 aliphatic rings. The molecule has 1 atom stereocenters. The Morgan fingerprint density at radius 3 is 2.72 bits per heavy atom. The van der Waals surface area contributed by atoms with Crippen molar-refractivity contribution < 1.29 is 0 Å². The van der Waals surface area contributed by atoms with Crippen LogP contribution in [0.1, 0.15) is 11.1 Å². The SMILES string of the molecule is Clc1cccc(C2(c3cccnc3)CNN=N2)c1. The number of aromatic nitrogens is 1. The molecule has 0 aliphatic carbocycles. The Morgan fingerprint density at radius 1 is 1.17 bits per heavy atom. The van der Waals surface area contributed by atoms with Gasteiger partial charge in [0.25, 0.3) is 0 Å². The van der Waals surface area contributed by atoms with Gasteiger partial charge in [-0.1, -0.05) is 35.0 Å². The summed E-state index contributed by atoms with van der Waals surface area (Å²) in [6, 6.07) is 11.6. The minimum atomic E-state index is -0.529. The van der Waals surface area contributed by atoms with Crippen molar-refractivity contribution in [2.45, 2.75) is 5.54 Å². The Labute approximate surface area is 110 Å². The van der Waals surface area contributed by atoms with E-state index in [1.54, 1.807) is 6.20 Å². The third-order valence-electron chi connectivity index (χ3n) is 3.07. The van der Waals surface area contributed by atoms with Crippen LogP contribution in [0.5, 0.6) is 0 Å². The highest BCUT2D eigenvalue weighted by atomic mass is 35.5. The average Bonchev–Trinajstić information content (AvgIpc) is 2.90. The smallest absolute Gasteiger partial charge is 0.154 e. The summed E-state index contributed by atoms with van der Waals surface area (Å²) in [5.74, 6) is 0. The largest absolute Gasteiger partial charge is 0.289 e. The molecule has 0 amide bonds. The molecule has 0 saturated heterocycles. The second kappa shape index (κ2) is 4.38. The molecule has 5 heteroatoms. The second-order valence-electron chi connectivity index (χ2n) is 4.15. The van der Waals surface area contributed by atoms with Crippen LogP contribution >= 0.6 is 11.6 Å². The monoisotopic (exact) mass is 258 g/mol. The lowest BCUT2D eigenvalue weighted by molar-refractivity contribution is 0.566. The van der Waals surface area contributed by atoms with Crippen molar-refractivity contribution in [2.24, 2.45) is 10.3 Å². The zero-order valence-electron chi connectivity index (χ0n) is 9.55. The van der Waals surface area contributed by atoms with Gasteiger partial charge < -0.3 is 0 Å². The number of hydrogen-bond donors (Lipinski definition) is 1. The van der Waals surface area contributed by atoms with Crippen molar-refractivity contribution in [2.75, 3.05) is 6.54 Å². The fourth-order valence-electron chi connectivity index (χ4n) is 2.15. The molecule has 90 valence electrons. The van der Waals surface area contributed by atoms with E-state index in [0.717, 1.165) is 11.1 Å². The summed E-state index contributed by atoms with van der Waals surface area (Å²) < 4.78 is 0. The molecule has 1 aliphatic heterocycles. The van der Waals surface area contributed by atoms with Crippen LogP contribution < -0.4 is 5.43 Å². The molecule has 3 rings (SSSR count). The van der Waals surface area contributed by atoms with Crippen molar-refractivity contribution in [1.82, 2.24) is 10.4 Å². The third-order valence-corrected chi connectivity index (χ3v) is 3.30. The van der Waals surface area contributed by atoms with E-state index in [0.29, 0.717) is 11.6 Å². The Bertz CT molecular complexity index is 585. The lowest BCUT2D eigenvalue weighted by Crippen LogP contribution is -2.30. The van der Waals surface area contributed by atoms with Crippen LogP contribution in [0, 0.1) is 0 Å². The fraction of sp³-hybridized carbons (Fsp3) is 0.154. The predicted molar refractivity (Wildman–Crippen MR) is 69.3 cm³/mol. The van der Waals surface area contributed by atoms with Gasteiger partial charge in [-0.2, -0.15) is 5.11 Å². The van der Waals surface area contributed by atoms with Crippen LogP contribution in [0.2, 0.25) is 5.02 Å². The quantitative estimate of drug-likeness (QED) is 0.900. The fourth-order valence-corrected chi connectivity index (χ4v) is 2.34. The molecule has 0 fully saturated rings. The number of benzene rings is 1. The normalized spacial score (nSPS) is 21.8. The van der Waals surface area contributed by atoms with E-state index >= 15 is 0 Å². The molecule has 2 aromatic rings. The maximum Gasteiger partial charge on any atom is 0.154 e. The van der Waals surface area contributed by atoms with Gasteiger partial charge in [-0.25, -0.2) is 0 Å². The van der Waals surface area contributed by atoms with Gasteiger partial charge in [0.05, 0.1) is 6.54 Å². The van der Waals surface area contributed by atoms with Crippen LogP contribution in [0.15, 0.2) is 59.1 Å². The van der Waals surface area contributed by atoms with Gasteiger partial charge in [-0.3, -0.25) is 10.4 Å². The number of pyridine rings is 1. The van der Waals surface area contributed by atoms with E-state index in [4.69, 9.17) is 11.6 Å². The van der Waals surface area contributed by atoms with Gasteiger partial charge in [-0.15, -0.1) is 0 Å².